The van der Waals surface area contributed by atoms with Crippen LogP contribution in [0.25, 0.3) is 0 Å². The molecule has 0 amide bonds. The van der Waals surface area contributed by atoms with Crippen LogP contribution in [0.5, 0.6) is 0 Å². The summed E-state index contributed by atoms with van der Waals surface area (Å²) in [6, 6.07) is 6.53. The van der Waals surface area contributed by atoms with Gasteiger partial charge in [0.15, 0.2) is 0 Å². The molecule has 1 fully saturated rings. The molecule has 0 atom stereocenters. The minimum absolute atomic E-state index is 0.154. The van der Waals surface area contributed by atoms with Crippen molar-refractivity contribution in [2.75, 3.05) is 18.1 Å². The van der Waals surface area contributed by atoms with E-state index in [-0.39, 0.29) is 6.61 Å². The first-order valence-corrected chi connectivity index (χ1v) is 6.83. The van der Waals surface area contributed by atoms with E-state index in [1.807, 2.05) is 12.1 Å². The summed E-state index contributed by atoms with van der Waals surface area (Å²) in [7, 11) is 0. The first-order chi connectivity index (χ1) is 8.65. The van der Waals surface area contributed by atoms with Crippen LogP contribution in [0, 0.1) is 6.92 Å². The van der Waals surface area contributed by atoms with Crippen LogP contribution >= 0.6 is 12.2 Å². The highest BCUT2D eigenvalue weighted by molar-refractivity contribution is 7.80. The highest BCUT2D eigenvalue weighted by Crippen LogP contribution is 2.33. The van der Waals surface area contributed by atoms with Crippen molar-refractivity contribution in [2.24, 2.45) is 5.73 Å². The maximum atomic E-state index is 9.28. The van der Waals surface area contributed by atoms with Crippen molar-refractivity contribution >= 4 is 22.9 Å². The fraction of sp³-hybridized carbons (Fsp3) is 0.500. The van der Waals surface area contributed by atoms with Gasteiger partial charge in [-0.2, -0.15) is 0 Å². The molecule has 1 aliphatic carbocycles. The van der Waals surface area contributed by atoms with Gasteiger partial charge in [0.2, 0.25) is 0 Å². The zero-order valence-corrected chi connectivity index (χ0v) is 11.5. The Bertz CT molecular complexity index is 443. The van der Waals surface area contributed by atoms with E-state index in [0.29, 0.717) is 17.6 Å². The molecule has 1 saturated carbocycles. The molecule has 0 bridgehead atoms. The normalized spacial score (nSPS) is 15.2. The van der Waals surface area contributed by atoms with Crippen LogP contribution in [-0.4, -0.2) is 29.3 Å². The molecule has 1 aromatic rings. The predicted octanol–water partition coefficient (Wildman–Crippen LogP) is 1.98. The van der Waals surface area contributed by atoms with Gasteiger partial charge in [0.25, 0.3) is 0 Å². The maximum absolute atomic E-state index is 9.28. The Balaban J connectivity index is 2.41. The number of nitrogens with two attached hydrogens (primary N) is 1. The number of aliphatic hydroxyl groups excluding tert-OH is 1. The third-order valence-corrected chi connectivity index (χ3v) is 3.87. The molecule has 0 heterocycles. The van der Waals surface area contributed by atoms with Crippen molar-refractivity contribution in [1.29, 1.82) is 0 Å². The van der Waals surface area contributed by atoms with Gasteiger partial charge in [-0.25, -0.2) is 0 Å². The average molecular weight is 264 g/mol. The molecule has 0 unspecified atom stereocenters. The molecule has 0 aromatic heterocycles. The Morgan fingerprint density at radius 1 is 1.50 bits per heavy atom. The third kappa shape index (κ3) is 2.49. The second kappa shape index (κ2) is 5.67. The average Bonchev–Trinajstić information content (AvgIpc) is 2.25. The lowest BCUT2D eigenvalue weighted by molar-refractivity contribution is 0.283. The lowest BCUT2D eigenvalue weighted by Gasteiger charge is -2.40. The summed E-state index contributed by atoms with van der Waals surface area (Å²) in [5.74, 6) is 0. The molecule has 0 spiro atoms. The van der Waals surface area contributed by atoms with Crippen molar-refractivity contribution < 1.29 is 5.11 Å². The minimum atomic E-state index is 0.154. The molecule has 0 radical (unpaired) electrons. The zero-order chi connectivity index (χ0) is 13.1. The Morgan fingerprint density at radius 3 is 2.72 bits per heavy atom. The number of nitrogens with zero attached hydrogens (tertiary/aromatic N) is 1. The van der Waals surface area contributed by atoms with Gasteiger partial charge in [-0.15, -0.1) is 0 Å². The first kappa shape index (κ1) is 13.3. The van der Waals surface area contributed by atoms with Crippen LogP contribution in [0.2, 0.25) is 0 Å². The topological polar surface area (TPSA) is 49.5 Å². The molecule has 3 N–H and O–H groups in total. The van der Waals surface area contributed by atoms with E-state index in [0.717, 1.165) is 11.3 Å². The molecule has 98 valence electrons. The number of hydrogen-bond donors (Lipinski definition) is 2. The fourth-order valence-corrected chi connectivity index (χ4v) is 2.69. The molecule has 1 aliphatic rings. The van der Waals surface area contributed by atoms with Gasteiger partial charge < -0.3 is 15.7 Å². The van der Waals surface area contributed by atoms with Crippen LogP contribution in [-0.2, 0) is 0 Å². The van der Waals surface area contributed by atoms with Crippen molar-refractivity contribution in [3.05, 3.63) is 29.3 Å². The van der Waals surface area contributed by atoms with Gasteiger partial charge in [-0.3, -0.25) is 0 Å². The highest BCUT2D eigenvalue weighted by Gasteiger charge is 2.27. The van der Waals surface area contributed by atoms with E-state index in [9.17, 15) is 5.11 Å². The fourth-order valence-electron chi connectivity index (χ4n) is 2.52. The Hall–Kier alpha value is -1.13. The van der Waals surface area contributed by atoms with E-state index in [1.54, 1.807) is 0 Å². The van der Waals surface area contributed by atoms with Crippen molar-refractivity contribution in [2.45, 2.75) is 32.2 Å². The molecule has 18 heavy (non-hydrogen) atoms. The molecular weight excluding hydrogens is 244 g/mol. The second-order valence-corrected chi connectivity index (χ2v) is 5.28. The van der Waals surface area contributed by atoms with Crippen LogP contribution < -0.4 is 10.6 Å². The molecular formula is C14H20N2OS. The van der Waals surface area contributed by atoms with E-state index >= 15 is 0 Å². The van der Waals surface area contributed by atoms with Gasteiger partial charge >= 0.3 is 0 Å². The van der Waals surface area contributed by atoms with Crippen LogP contribution in [0.4, 0.5) is 5.69 Å². The van der Waals surface area contributed by atoms with Crippen LogP contribution in [0.3, 0.4) is 0 Å². The van der Waals surface area contributed by atoms with E-state index < -0.39 is 0 Å². The number of aryl methyl sites for hydroxylation is 1. The van der Waals surface area contributed by atoms with Gasteiger partial charge in [-0.05, 0) is 37.8 Å². The van der Waals surface area contributed by atoms with Crippen LogP contribution in [0.1, 0.15) is 30.4 Å². The van der Waals surface area contributed by atoms with Gasteiger partial charge in [0.1, 0.15) is 4.99 Å². The van der Waals surface area contributed by atoms with Crippen molar-refractivity contribution in [3.8, 4) is 0 Å². The minimum Gasteiger partial charge on any atom is -0.395 e. The summed E-state index contributed by atoms with van der Waals surface area (Å²) in [5.41, 5.74) is 9.01. The standard InChI is InChI=1S/C14H20N2OS/c1-10-4-2-7-12(14(15)18)13(10)16(8-9-17)11-5-3-6-11/h2,4,7,11,17H,3,5-6,8-9H2,1H3,(H2,15,18). The SMILES string of the molecule is Cc1cccc(C(N)=S)c1N(CCO)C1CCC1. The monoisotopic (exact) mass is 264 g/mol. The summed E-state index contributed by atoms with van der Waals surface area (Å²) < 4.78 is 0. The Labute approximate surface area is 114 Å². The number of hydrogen-bond acceptors (Lipinski definition) is 3. The number of aliphatic hydroxyl groups is 1. The molecule has 2 rings (SSSR count). The van der Waals surface area contributed by atoms with Crippen molar-refractivity contribution in [1.82, 2.24) is 0 Å². The zero-order valence-electron chi connectivity index (χ0n) is 10.7. The largest absolute Gasteiger partial charge is 0.395 e. The third-order valence-electron chi connectivity index (χ3n) is 3.65. The summed E-state index contributed by atoms with van der Waals surface area (Å²) in [6.45, 7) is 2.87. The van der Waals surface area contributed by atoms with Gasteiger partial charge in [0.05, 0.1) is 12.3 Å². The Kier molecular flexibility index (Phi) is 4.19. The second-order valence-electron chi connectivity index (χ2n) is 4.84. The predicted molar refractivity (Wildman–Crippen MR) is 79.1 cm³/mol. The summed E-state index contributed by atoms with van der Waals surface area (Å²) in [4.78, 5) is 2.70. The van der Waals surface area contributed by atoms with Gasteiger partial charge in [-0.1, -0.05) is 24.4 Å². The number of para-hydroxylation sites is 1. The van der Waals surface area contributed by atoms with Gasteiger partial charge in [0, 0.05) is 18.2 Å². The lowest BCUT2D eigenvalue weighted by Crippen LogP contribution is -2.43. The quantitative estimate of drug-likeness (QED) is 0.799. The maximum Gasteiger partial charge on any atom is 0.106 e. The van der Waals surface area contributed by atoms with Crippen molar-refractivity contribution in [3.63, 3.8) is 0 Å². The van der Waals surface area contributed by atoms with E-state index in [2.05, 4.69) is 17.9 Å². The summed E-state index contributed by atoms with van der Waals surface area (Å²) in [5, 5.41) is 9.28. The lowest BCUT2D eigenvalue weighted by atomic mass is 9.90. The smallest absolute Gasteiger partial charge is 0.106 e. The van der Waals surface area contributed by atoms with E-state index in [1.165, 1.54) is 24.8 Å². The number of thiocarbonyl (C=S) groups is 1. The Morgan fingerprint density at radius 2 is 2.22 bits per heavy atom. The number of anilines is 1. The molecule has 1 aromatic carbocycles. The van der Waals surface area contributed by atoms with Crippen LogP contribution in [0.15, 0.2) is 18.2 Å². The molecule has 0 aliphatic heterocycles. The molecule has 0 saturated heterocycles. The number of benzene rings is 1. The summed E-state index contributed by atoms with van der Waals surface area (Å²) >= 11 is 5.14. The highest BCUT2D eigenvalue weighted by atomic mass is 32.1. The summed E-state index contributed by atoms with van der Waals surface area (Å²) in [6.07, 6.45) is 3.64. The van der Waals surface area contributed by atoms with E-state index in [4.69, 9.17) is 18.0 Å². The number of rotatable bonds is 5. The first-order valence-electron chi connectivity index (χ1n) is 6.42. The molecule has 3 nitrogen and oxygen atoms in total. The molecule has 4 heteroatoms.